The van der Waals surface area contributed by atoms with E-state index in [4.69, 9.17) is 9.88 Å². The van der Waals surface area contributed by atoms with E-state index in [-0.39, 0.29) is 19.4 Å². The summed E-state index contributed by atoms with van der Waals surface area (Å²) in [5.74, 6) is -1.74. The highest BCUT2D eigenvalue weighted by Crippen LogP contribution is 2.22. The first-order chi connectivity index (χ1) is 11.8. The molecule has 1 aliphatic rings. The maximum Gasteiger partial charge on any atom is 0.407 e. The van der Waals surface area contributed by atoms with Crippen molar-refractivity contribution in [3.8, 4) is 0 Å². The van der Waals surface area contributed by atoms with E-state index in [9.17, 15) is 27.9 Å². The molecule has 1 unspecified atom stereocenters. The molecule has 0 saturated carbocycles. The van der Waals surface area contributed by atoms with Crippen molar-refractivity contribution >= 4 is 28.0 Å². The maximum absolute atomic E-state index is 12.0. The number of carboxylic acids is 1. The Morgan fingerprint density at radius 3 is 2.46 bits per heavy atom. The fourth-order valence-corrected chi connectivity index (χ4v) is 3.34. The highest BCUT2D eigenvalue weighted by molar-refractivity contribution is 7.89. The van der Waals surface area contributed by atoms with Crippen molar-refractivity contribution in [3.63, 3.8) is 0 Å². The zero-order valence-electron chi connectivity index (χ0n) is 15.2. The standard InChI is InChI=1S/C15H27N3O7S/c1-15(2,3)25-14(22)17-7-5-4-6-11(13(20)21)18-9-10(8-12(18)19)26(16,23)24/h10-11H,4-9H2,1-3H3,(H,17,22)(H,20,21)(H2,16,23,24)/t10?,11-/m0/s1. The van der Waals surface area contributed by atoms with Gasteiger partial charge in [0.1, 0.15) is 16.9 Å². The van der Waals surface area contributed by atoms with Crippen molar-refractivity contribution < 1.29 is 32.6 Å². The number of primary sulfonamides is 1. The van der Waals surface area contributed by atoms with E-state index in [1.807, 2.05) is 0 Å². The number of carbonyl (C=O) groups is 3. The number of likely N-dealkylation sites (tertiary alicyclic amines) is 1. The van der Waals surface area contributed by atoms with Gasteiger partial charge in [0.05, 0.1) is 0 Å². The van der Waals surface area contributed by atoms with Crippen LogP contribution in [0.15, 0.2) is 0 Å². The summed E-state index contributed by atoms with van der Waals surface area (Å²) >= 11 is 0. The highest BCUT2D eigenvalue weighted by atomic mass is 32.2. The minimum Gasteiger partial charge on any atom is -0.480 e. The second-order valence-corrected chi connectivity index (χ2v) is 9.08. The first-order valence-corrected chi connectivity index (χ1v) is 9.93. The van der Waals surface area contributed by atoms with Crippen molar-refractivity contribution in [2.45, 2.75) is 63.3 Å². The first kappa shape index (κ1) is 22.2. The van der Waals surface area contributed by atoms with Crippen molar-refractivity contribution in [3.05, 3.63) is 0 Å². The van der Waals surface area contributed by atoms with Crippen LogP contribution in [0.4, 0.5) is 4.79 Å². The van der Waals surface area contributed by atoms with Crippen LogP contribution < -0.4 is 10.5 Å². The Bertz CT molecular complexity index is 642. The monoisotopic (exact) mass is 393 g/mol. The third-order valence-corrected chi connectivity index (χ3v) is 5.07. The molecule has 0 aliphatic carbocycles. The van der Waals surface area contributed by atoms with Gasteiger partial charge in [0.15, 0.2) is 0 Å². The molecule has 1 saturated heterocycles. The van der Waals surface area contributed by atoms with Crippen molar-refractivity contribution in [2.75, 3.05) is 13.1 Å². The average molecular weight is 393 g/mol. The second-order valence-electron chi connectivity index (χ2n) is 7.24. The Kier molecular flexibility index (Phi) is 7.39. The number of aliphatic carboxylic acids is 1. The lowest BCUT2D eigenvalue weighted by molar-refractivity contribution is -0.148. The molecule has 10 nitrogen and oxygen atoms in total. The van der Waals surface area contributed by atoms with Crippen LogP contribution in [0.25, 0.3) is 0 Å². The quantitative estimate of drug-likeness (QED) is 0.491. The summed E-state index contributed by atoms with van der Waals surface area (Å²) in [7, 11) is -3.90. The number of carboxylic acid groups (broad SMARTS) is 1. The normalized spacial score (nSPS) is 19.3. The third kappa shape index (κ3) is 7.16. The topological polar surface area (TPSA) is 156 Å². The molecule has 11 heteroatoms. The molecule has 26 heavy (non-hydrogen) atoms. The van der Waals surface area contributed by atoms with E-state index in [2.05, 4.69) is 5.32 Å². The van der Waals surface area contributed by atoms with Crippen LogP contribution in [0.3, 0.4) is 0 Å². The van der Waals surface area contributed by atoms with Gasteiger partial charge in [0.25, 0.3) is 0 Å². The Balaban J connectivity index is 2.47. The number of hydrogen-bond acceptors (Lipinski definition) is 6. The van der Waals surface area contributed by atoms with Gasteiger partial charge in [-0.15, -0.1) is 0 Å². The molecule has 0 aromatic rings. The number of nitrogens with two attached hydrogens (primary N) is 1. The molecule has 0 aromatic carbocycles. The van der Waals surface area contributed by atoms with Crippen LogP contribution in [0.5, 0.6) is 0 Å². The Labute approximate surface area is 153 Å². The van der Waals surface area contributed by atoms with Crippen LogP contribution in [0.1, 0.15) is 46.5 Å². The molecular weight excluding hydrogens is 366 g/mol. The summed E-state index contributed by atoms with van der Waals surface area (Å²) in [6, 6.07) is -1.12. The van der Waals surface area contributed by atoms with Gasteiger partial charge in [-0.2, -0.15) is 0 Å². The zero-order chi connectivity index (χ0) is 20.1. The number of sulfonamides is 1. The summed E-state index contributed by atoms with van der Waals surface area (Å²) in [4.78, 5) is 36.0. The molecule has 4 N–H and O–H groups in total. The second kappa shape index (κ2) is 8.67. The molecule has 1 heterocycles. The summed E-state index contributed by atoms with van der Waals surface area (Å²) < 4.78 is 27.8. The zero-order valence-corrected chi connectivity index (χ0v) is 16.0. The van der Waals surface area contributed by atoms with E-state index in [1.165, 1.54) is 0 Å². The number of nitrogens with zero attached hydrogens (tertiary/aromatic N) is 1. The van der Waals surface area contributed by atoms with Crippen LogP contribution in [0.2, 0.25) is 0 Å². The van der Waals surface area contributed by atoms with Gasteiger partial charge in [-0.1, -0.05) is 0 Å². The van der Waals surface area contributed by atoms with E-state index in [0.717, 1.165) is 4.90 Å². The highest BCUT2D eigenvalue weighted by Gasteiger charge is 2.41. The third-order valence-electron chi connectivity index (χ3n) is 3.82. The molecule has 0 bridgehead atoms. The van der Waals surface area contributed by atoms with Crippen molar-refractivity contribution in [1.29, 1.82) is 0 Å². The smallest absolute Gasteiger partial charge is 0.407 e. The van der Waals surface area contributed by atoms with Gasteiger partial charge in [-0.3, -0.25) is 4.79 Å². The summed E-state index contributed by atoms with van der Waals surface area (Å²) in [5.41, 5.74) is -0.603. The minimum atomic E-state index is -3.90. The molecule has 1 fully saturated rings. The summed E-state index contributed by atoms with van der Waals surface area (Å²) in [6.45, 7) is 5.31. The number of carbonyl (C=O) groups excluding carboxylic acids is 2. The maximum atomic E-state index is 12.0. The molecule has 1 rings (SSSR count). The molecule has 150 valence electrons. The van der Waals surface area contributed by atoms with Crippen LogP contribution >= 0.6 is 0 Å². The van der Waals surface area contributed by atoms with Gasteiger partial charge in [0, 0.05) is 19.5 Å². The number of unbranched alkanes of at least 4 members (excludes halogenated alkanes) is 1. The number of nitrogens with one attached hydrogen (secondary N) is 1. The van der Waals surface area contributed by atoms with Crippen LogP contribution in [-0.4, -0.2) is 66.4 Å². The lowest BCUT2D eigenvalue weighted by atomic mass is 10.1. The average Bonchev–Trinajstić information content (AvgIpc) is 2.82. The molecule has 0 aromatic heterocycles. The molecule has 2 amide bonds. The van der Waals surface area contributed by atoms with E-state index >= 15 is 0 Å². The molecule has 0 radical (unpaired) electrons. The summed E-state index contributed by atoms with van der Waals surface area (Å²) in [5, 5.41) is 15.9. The van der Waals surface area contributed by atoms with E-state index in [1.54, 1.807) is 20.8 Å². The summed E-state index contributed by atoms with van der Waals surface area (Å²) in [6.07, 6.45) is 0.204. The van der Waals surface area contributed by atoms with E-state index in [0.29, 0.717) is 19.4 Å². The number of rotatable bonds is 8. The molecule has 2 atom stereocenters. The Morgan fingerprint density at radius 2 is 2.00 bits per heavy atom. The largest absolute Gasteiger partial charge is 0.480 e. The van der Waals surface area contributed by atoms with E-state index < -0.39 is 44.9 Å². The number of hydrogen-bond donors (Lipinski definition) is 3. The van der Waals surface area contributed by atoms with Gasteiger partial charge < -0.3 is 20.1 Å². The Hall–Kier alpha value is -1.88. The molecule has 1 aliphatic heterocycles. The fraction of sp³-hybridized carbons (Fsp3) is 0.800. The van der Waals surface area contributed by atoms with Gasteiger partial charge in [0.2, 0.25) is 15.9 Å². The Morgan fingerprint density at radius 1 is 1.38 bits per heavy atom. The molecular formula is C15H27N3O7S. The first-order valence-electron chi connectivity index (χ1n) is 8.32. The van der Waals surface area contributed by atoms with Gasteiger partial charge in [-0.05, 0) is 40.0 Å². The lowest BCUT2D eigenvalue weighted by Crippen LogP contribution is -2.43. The fourth-order valence-electron chi connectivity index (χ4n) is 2.60. The van der Waals surface area contributed by atoms with Gasteiger partial charge in [-0.25, -0.2) is 23.1 Å². The van der Waals surface area contributed by atoms with Crippen LogP contribution in [-0.2, 0) is 24.3 Å². The lowest BCUT2D eigenvalue weighted by Gasteiger charge is -2.24. The number of alkyl carbamates (subject to hydrolysis) is 1. The number of ether oxygens (including phenoxy) is 1. The minimum absolute atomic E-state index is 0.147. The molecule has 0 spiro atoms. The van der Waals surface area contributed by atoms with Gasteiger partial charge >= 0.3 is 12.1 Å². The van der Waals surface area contributed by atoms with Crippen LogP contribution in [0, 0.1) is 0 Å². The number of amides is 2. The SMILES string of the molecule is CC(C)(C)OC(=O)NCCCC[C@@H](C(=O)O)N1CC(S(N)(=O)=O)CC1=O. The van der Waals surface area contributed by atoms with Crippen molar-refractivity contribution in [2.24, 2.45) is 5.14 Å². The predicted molar refractivity (Wildman–Crippen MR) is 92.7 cm³/mol. The predicted octanol–water partition coefficient (Wildman–Crippen LogP) is 0.0240. The van der Waals surface area contributed by atoms with Crippen molar-refractivity contribution in [1.82, 2.24) is 10.2 Å².